The maximum atomic E-state index is 11.8. The number of hydrogen-bond acceptors (Lipinski definition) is 6. The van der Waals surface area contributed by atoms with Gasteiger partial charge in [-0.3, -0.25) is 14.9 Å². The molecule has 0 spiro atoms. The average molecular weight is 330 g/mol. The summed E-state index contributed by atoms with van der Waals surface area (Å²) in [6.45, 7) is 1.96. The Bertz CT molecular complexity index is 793. The summed E-state index contributed by atoms with van der Waals surface area (Å²) in [7, 11) is 0. The highest BCUT2D eigenvalue weighted by Gasteiger charge is 2.10. The van der Waals surface area contributed by atoms with E-state index in [0.29, 0.717) is 11.3 Å². The number of benzene rings is 1. The fraction of sp³-hybridized carbons (Fsp3) is 0.125. The number of rotatable bonds is 6. The van der Waals surface area contributed by atoms with E-state index in [9.17, 15) is 19.7 Å². The maximum Gasteiger partial charge on any atom is 0.433 e. The van der Waals surface area contributed by atoms with Crippen molar-refractivity contribution in [1.29, 1.82) is 0 Å². The number of furan rings is 1. The van der Waals surface area contributed by atoms with Crippen molar-refractivity contribution in [3.63, 3.8) is 0 Å². The van der Waals surface area contributed by atoms with E-state index in [2.05, 4.69) is 5.32 Å². The third-order valence-electron chi connectivity index (χ3n) is 2.83. The van der Waals surface area contributed by atoms with Crippen molar-refractivity contribution >= 4 is 29.5 Å². The van der Waals surface area contributed by atoms with Gasteiger partial charge in [-0.05, 0) is 37.3 Å². The molecule has 0 atom stereocenters. The van der Waals surface area contributed by atoms with Gasteiger partial charge in [-0.1, -0.05) is 6.07 Å². The van der Waals surface area contributed by atoms with Gasteiger partial charge in [0.05, 0.1) is 18.2 Å². The Kier molecular flexibility index (Phi) is 5.45. The zero-order valence-corrected chi connectivity index (χ0v) is 12.7. The van der Waals surface area contributed by atoms with Crippen LogP contribution in [-0.2, 0) is 9.53 Å². The van der Waals surface area contributed by atoms with Crippen LogP contribution >= 0.6 is 0 Å². The zero-order valence-electron chi connectivity index (χ0n) is 12.7. The van der Waals surface area contributed by atoms with Crippen LogP contribution in [0.25, 0.3) is 6.08 Å². The van der Waals surface area contributed by atoms with Crippen molar-refractivity contribution in [1.82, 2.24) is 0 Å². The Labute approximate surface area is 136 Å². The van der Waals surface area contributed by atoms with Crippen LogP contribution < -0.4 is 5.32 Å². The van der Waals surface area contributed by atoms with E-state index >= 15 is 0 Å². The van der Waals surface area contributed by atoms with Crippen LogP contribution in [0.15, 0.2) is 46.9 Å². The average Bonchev–Trinajstić information content (AvgIpc) is 3.03. The number of nitrogens with zero attached hydrogens (tertiary/aromatic N) is 1. The van der Waals surface area contributed by atoms with Crippen molar-refractivity contribution in [3.8, 4) is 0 Å². The van der Waals surface area contributed by atoms with E-state index in [-0.39, 0.29) is 12.4 Å². The zero-order chi connectivity index (χ0) is 17.5. The highest BCUT2D eigenvalue weighted by Crippen LogP contribution is 2.17. The first-order chi connectivity index (χ1) is 11.5. The fourth-order valence-electron chi connectivity index (χ4n) is 1.81. The van der Waals surface area contributed by atoms with Crippen molar-refractivity contribution in [2.24, 2.45) is 0 Å². The number of ether oxygens (including phenoxy) is 1. The third-order valence-corrected chi connectivity index (χ3v) is 2.83. The van der Waals surface area contributed by atoms with Crippen LogP contribution in [-0.4, -0.2) is 23.4 Å². The summed E-state index contributed by atoms with van der Waals surface area (Å²) in [6.07, 6.45) is 2.47. The Morgan fingerprint density at radius 2 is 2.12 bits per heavy atom. The molecule has 2 aromatic rings. The number of anilines is 1. The van der Waals surface area contributed by atoms with Gasteiger partial charge in [0.15, 0.2) is 0 Å². The maximum absolute atomic E-state index is 11.8. The number of amides is 1. The van der Waals surface area contributed by atoms with E-state index in [4.69, 9.17) is 9.15 Å². The second kappa shape index (κ2) is 7.73. The van der Waals surface area contributed by atoms with E-state index in [0.717, 1.165) is 0 Å². The Morgan fingerprint density at radius 3 is 2.79 bits per heavy atom. The molecule has 2 rings (SSSR count). The molecule has 0 saturated heterocycles. The molecule has 0 saturated carbocycles. The lowest BCUT2D eigenvalue weighted by Crippen LogP contribution is -2.09. The van der Waals surface area contributed by atoms with Crippen molar-refractivity contribution < 1.29 is 23.7 Å². The lowest BCUT2D eigenvalue weighted by atomic mass is 10.2. The van der Waals surface area contributed by atoms with Crippen LogP contribution in [0.1, 0.15) is 23.0 Å². The standard InChI is InChI=1S/C16H14N2O6/c1-2-23-16(20)11-4-3-5-12(10-11)17-14(19)8-6-13-7-9-15(24-13)18(21)22/h3-10H,2H2,1H3,(H,17,19)/b8-6+. The largest absolute Gasteiger partial charge is 0.462 e. The first-order valence-electron chi connectivity index (χ1n) is 7.00. The van der Waals surface area contributed by atoms with Gasteiger partial charge in [-0.2, -0.15) is 0 Å². The minimum Gasteiger partial charge on any atom is -0.462 e. The predicted octanol–water partition coefficient (Wildman–Crippen LogP) is 3.02. The summed E-state index contributed by atoms with van der Waals surface area (Å²) in [5, 5.41) is 13.1. The molecular weight excluding hydrogens is 316 g/mol. The normalized spacial score (nSPS) is 10.5. The van der Waals surface area contributed by atoms with Gasteiger partial charge in [-0.25, -0.2) is 4.79 Å². The first-order valence-corrected chi connectivity index (χ1v) is 7.00. The summed E-state index contributed by atoms with van der Waals surface area (Å²) >= 11 is 0. The molecule has 0 aliphatic rings. The van der Waals surface area contributed by atoms with Crippen LogP contribution in [0, 0.1) is 10.1 Å². The molecule has 0 radical (unpaired) electrons. The van der Waals surface area contributed by atoms with Crippen molar-refractivity contribution in [2.45, 2.75) is 6.92 Å². The summed E-state index contributed by atoms with van der Waals surface area (Å²) in [5.41, 5.74) is 0.737. The van der Waals surface area contributed by atoms with Crippen LogP contribution in [0.2, 0.25) is 0 Å². The molecule has 124 valence electrons. The molecule has 1 heterocycles. The van der Waals surface area contributed by atoms with Gasteiger partial charge in [0.2, 0.25) is 5.91 Å². The van der Waals surface area contributed by atoms with Crippen LogP contribution in [0.3, 0.4) is 0 Å². The molecule has 24 heavy (non-hydrogen) atoms. The molecule has 0 aliphatic carbocycles. The molecule has 1 N–H and O–H groups in total. The summed E-state index contributed by atoms with van der Waals surface area (Å²) in [5.74, 6) is -1.18. The number of nitro groups is 1. The Balaban J connectivity index is 2.01. The van der Waals surface area contributed by atoms with Crippen molar-refractivity contribution in [2.75, 3.05) is 11.9 Å². The van der Waals surface area contributed by atoms with Gasteiger partial charge >= 0.3 is 11.9 Å². The van der Waals surface area contributed by atoms with Gasteiger partial charge in [0.1, 0.15) is 10.7 Å². The number of carbonyl (C=O) groups excluding carboxylic acids is 2. The minimum atomic E-state index is -0.668. The highest BCUT2D eigenvalue weighted by molar-refractivity contribution is 6.02. The molecule has 1 aromatic heterocycles. The molecule has 8 nitrogen and oxygen atoms in total. The first kappa shape index (κ1) is 16.9. The van der Waals surface area contributed by atoms with Gasteiger partial charge < -0.3 is 14.5 Å². The smallest absolute Gasteiger partial charge is 0.433 e. The minimum absolute atomic E-state index is 0.178. The highest BCUT2D eigenvalue weighted by atomic mass is 16.6. The van der Waals surface area contributed by atoms with Gasteiger partial charge in [0, 0.05) is 11.8 Å². The van der Waals surface area contributed by atoms with Crippen LogP contribution in [0.4, 0.5) is 11.6 Å². The van der Waals surface area contributed by atoms with E-state index in [1.54, 1.807) is 25.1 Å². The van der Waals surface area contributed by atoms with Crippen molar-refractivity contribution in [3.05, 3.63) is 63.9 Å². The number of carbonyl (C=O) groups is 2. The second-order valence-electron chi connectivity index (χ2n) is 4.56. The lowest BCUT2D eigenvalue weighted by Gasteiger charge is -2.05. The number of esters is 1. The third kappa shape index (κ3) is 4.54. The monoisotopic (exact) mass is 330 g/mol. The Morgan fingerprint density at radius 1 is 1.33 bits per heavy atom. The number of hydrogen-bond donors (Lipinski definition) is 1. The molecule has 0 aliphatic heterocycles. The van der Waals surface area contributed by atoms with Gasteiger partial charge in [-0.15, -0.1) is 0 Å². The lowest BCUT2D eigenvalue weighted by molar-refractivity contribution is -0.402. The molecular formula is C16H14N2O6. The molecule has 1 aromatic carbocycles. The SMILES string of the molecule is CCOC(=O)c1cccc(NC(=O)/C=C/c2ccc([N+](=O)[O-])o2)c1. The second-order valence-corrected chi connectivity index (χ2v) is 4.56. The molecule has 8 heteroatoms. The molecule has 0 bridgehead atoms. The quantitative estimate of drug-likeness (QED) is 0.377. The Hall–Kier alpha value is -3.42. The topological polar surface area (TPSA) is 112 Å². The number of nitrogens with one attached hydrogen (secondary N) is 1. The molecule has 0 fully saturated rings. The fourth-order valence-corrected chi connectivity index (χ4v) is 1.81. The van der Waals surface area contributed by atoms with E-state index in [1.807, 2.05) is 0 Å². The summed E-state index contributed by atoms with van der Waals surface area (Å²) in [4.78, 5) is 33.3. The van der Waals surface area contributed by atoms with E-state index < -0.39 is 22.7 Å². The molecule has 1 amide bonds. The molecule has 0 unspecified atom stereocenters. The van der Waals surface area contributed by atoms with Gasteiger partial charge in [0.25, 0.3) is 0 Å². The van der Waals surface area contributed by atoms with E-state index in [1.165, 1.54) is 30.4 Å². The summed E-state index contributed by atoms with van der Waals surface area (Å²) < 4.78 is 9.78. The van der Waals surface area contributed by atoms with Crippen LogP contribution in [0.5, 0.6) is 0 Å². The predicted molar refractivity (Wildman–Crippen MR) is 85.4 cm³/mol. The summed E-state index contributed by atoms with van der Waals surface area (Å²) in [6, 6.07) is 8.87.